The van der Waals surface area contributed by atoms with Crippen LogP contribution in [0.2, 0.25) is 0 Å². The van der Waals surface area contributed by atoms with Crippen LogP contribution in [0, 0.1) is 5.92 Å². The smallest absolute Gasteiger partial charge is 0.147 e. The molecule has 1 aromatic carbocycles. The number of hydrogen-bond donors (Lipinski definition) is 1. The Balaban J connectivity index is 2.66. The Morgan fingerprint density at radius 3 is 2.56 bits per heavy atom. The van der Waals surface area contributed by atoms with Gasteiger partial charge < -0.3 is 5.32 Å². The molecule has 18 heavy (non-hydrogen) atoms. The Hall–Kier alpha value is -0.390. The Morgan fingerprint density at radius 1 is 1.33 bits per heavy atom. The van der Waals surface area contributed by atoms with Crippen molar-refractivity contribution < 1.29 is 8.42 Å². The van der Waals surface area contributed by atoms with Gasteiger partial charge >= 0.3 is 0 Å². The molecule has 1 unspecified atom stereocenters. The lowest BCUT2D eigenvalue weighted by molar-refractivity contribution is 0.478. The van der Waals surface area contributed by atoms with E-state index in [1.807, 2.05) is 25.2 Å². The van der Waals surface area contributed by atoms with Crippen LogP contribution >= 0.6 is 15.9 Å². The predicted molar refractivity (Wildman–Crippen MR) is 79.6 cm³/mol. The van der Waals surface area contributed by atoms with Gasteiger partial charge in [-0.3, -0.25) is 0 Å². The second-order valence-corrected chi connectivity index (χ2v) is 7.75. The third kappa shape index (κ3) is 5.98. The van der Waals surface area contributed by atoms with Gasteiger partial charge in [-0.05, 0) is 44.0 Å². The fraction of sp³-hybridized carbons (Fsp3) is 0.538. The van der Waals surface area contributed by atoms with Crippen LogP contribution in [-0.4, -0.2) is 34.0 Å². The monoisotopic (exact) mass is 333 g/mol. The average molecular weight is 334 g/mol. The first-order chi connectivity index (χ1) is 8.42. The zero-order chi connectivity index (χ0) is 13.6. The molecule has 0 spiro atoms. The van der Waals surface area contributed by atoms with Gasteiger partial charge in [0.1, 0.15) is 9.84 Å². The number of nitrogens with one attached hydrogen (secondary N) is 1. The molecule has 0 aliphatic rings. The summed E-state index contributed by atoms with van der Waals surface area (Å²) < 4.78 is 23.5. The third-order valence-corrected chi connectivity index (χ3v) is 4.61. The minimum atomic E-state index is -2.88. The van der Waals surface area contributed by atoms with Crippen LogP contribution in [0.3, 0.4) is 0 Å². The van der Waals surface area contributed by atoms with Gasteiger partial charge in [0.05, 0.1) is 5.75 Å². The quantitative estimate of drug-likeness (QED) is 0.832. The van der Waals surface area contributed by atoms with Crippen LogP contribution < -0.4 is 5.32 Å². The zero-order valence-corrected chi connectivity index (χ0v) is 13.2. The minimum Gasteiger partial charge on any atom is -0.319 e. The van der Waals surface area contributed by atoms with E-state index in [0.29, 0.717) is 12.3 Å². The van der Waals surface area contributed by atoms with Crippen molar-refractivity contribution in [2.45, 2.75) is 12.8 Å². The zero-order valence-electron chi connectivity index (χ0n) is 10.8. The maximum atomic E-state index is 11.2. The lowest BCUT2D eigenvalue weighted by Crippen LogP contribution is -2.23. The highest BCUT2D eigenvalue weighted by Crippen LogP contribution is 2.21. The summed E-state index contributed by atoms with van der Waals surface area (Å²) in [6.45, 7) is 0.830. The molecule has 0 aromatic heterocycles. The maximum absolute atomic E-state index is 11.2. The summed E-state index contributed by atoms with van der Waals surface area (Å²) in [4.78, 5) is 0. The van der Waals surface area contributed by atoms with E-state index in [9.17, 15) is 8.42 Å². The predicted octanol–water partition coefficient (Wildman–Crippen LogP) is 2.26. The Labute approximate surface area is 118 Å². The third-order valence-electron chi connectivity index (χ3n) is 2.86. The van der Waals surface area contributed by atoms with Crippen molar-refractivity contribution in [1.29, 1.82) is 0 Å². The first-order valence-corrected chi connectivity index (χ1v) is 8.83. The van der Waals surface area contributed by atoms with Crippen molar-refractivity contribution in [3.05, 3.63) is 34.3 Å². The standard InChI is InChI=1S/C13H20BrNO2S/c1-15-10-11(7-8-18(2,16)17)9-12-5-3-4-6-13(12)14/h3-6,11,15H,7-10H2,1-2H3. The van der Waals surface area contributed by atoms with Crippen LogP contribution in [0.4, 0.5) is 0 Å². The van der Waals surface area contributed by atoms with Gasteiger partial charge in [0, 0.05) is 10.7 Å². The van der Waals surface area contributed by atoms with Gasteiger partial charge in [-0.15, -0.1) is 0 Å². The van der Waals surface area contributed by atoms with Crippen molar-refractivity contribution in [3.8, 4) is 0 Å². The molecule has 0 saturated heterocycles. The summed E-state index contributed by atoms with van der Waals surface area (Å²) in [6, 6.07) is 8.08. The number of halogens is 1. The highest BCUT2D eigenvalue weighted by atomic mass is 79.9. The van der Waals surface area contributed by atoms with Gasteiger partial charge in [0.15, 0.2) is 0 Å². The van der Waals surface area contributed by atoms with Crippen LogP contribution in [0.15, 0.2) is 28.7 Å². The highest BCUT2D eigenvalue weighted by Gasteiger charge is 2.13. The maximum Gasteiger partial charge on any atom is 0.147 e. The Morgan fingerprint density at radius 2 is 2.00 bits per heavy atom. The van der Waals surface area contributed by atoms with Gasteiger partial charge in [0.25, 0.3) is 0 Å². The molecule has 5 heteroatoms. The van der Waals surface area contributed by atoms with Crippen LogP contribution in [0.5, 0.6) is 0 Å². The van der Waals surface area contributed by atoms with E-state index in [1.165, 1.54) is 11.8 Å². The van der Waals surface area contributed by atoms with E-state index in [1.54, 1.807) is 0 Å². The molecule has 0 bridgehead atoms. The second-order valence-electron chi connectivity index (χ2n) is 4.64. The second kappa shape index (κ2) is 7.26. The number of benzene rings is 1. The van der Waals surface area contributed by atoms with E-state index in [4.69, 9.17) is 0 Å². The summed E-state index contributed by atoms with van der Waals surface area (Å²) in [6.07, 6.45) is 2.88. The van der Waals surface area contributed by atoms with Crippen LogP contribution in [-0.2, 0) is 16.3 Å². The SMILES string of the molecule is CNCC(CCS(C)(=O)=O)Cc1ccccc1Br. The number of rotatable bonds is 7. The molecule has 0 radical (unpaired) electrons. The van der Waals surface area contributed by atoms with Gasteiger partial charge in [-0.25, -0.2) is 8.42 Å². The topological polar surface area (TPSA) is 46.2 Å². The minimum absolute atomic E-state index is 0.254. The van der Waals surface area contributed by atoms with E-state index in [2.05, 4.69) is 27.3 Å². The van der Waals surface area contributed by atoms with Crippen molar-refractivity contribution in [2.24, 2.45) is 5.92 Å². The molecule has 0 amide bonds. The van der Waals surface area contributed by atoms with Crippen molar-refractivity contribution in [2.75, 3.05) is 25.6 Å². The molecule has 0 fully saturated rings. The Bertz CT molecular complexity index is 474. The van der Waals surface area contributed by atoms with E-state index >= 15 is 0 Å². The number of hydrogen-bond acceptors (Lipinski definition) is 3. The summed E-state index contributed by atoms with van der Waals surface area (Å²) in [5.74, 6) is 0.590. The summed E-state index contributed by atoms with van der Waals surface area (Å²) >= 11 is 3.53. The molecule has 1 N–H and O–H groups in total. The lowest BCUT2D eigenvalue weighted by atomic mass is 9.97. The van der Waals surface area contributed by atoms with E-state index in [-0.39, 0.29) is 5.75 Å². The van der Waals surface area contributed by atoms with Crippen LogP contribution in [0.1, 0.15) is 12.0 Å². The van der Waals surface area contributed by atoms with Crippen molar-refractivity contribution in [3.63, 3.8) is 0 Å². The molecule has 0 saturated carbocycles. The molecule has 0 aliphatic carbocycles. The molecule has 1 atom stereocenters. The van der Waals surface area contributed by atoms with E-state index in [0.717, 1.165) is 17.4 Å². The van der Waals surface area contributed by atoms with Gasteiger partial charge in [-0.1, -0.05) is 34.1 Å². The summed E-state index contributed by atoms with van der Waals surface area (Å²) in [5.41, 5.74) is 1.23. The Kier molecular flexibility index (Phi) is 6.32. The first-order valence-electron chi connectivity index (χ1n) is 5.98. The number of sulfone groups is 1. The van der Waals surface area contributed by atoms with E-state index < -0.39 is 9.84 Å². The van der Waals surface area contributed by atoms with Crippen LogP contribution in [0.25, 0.3) is 0 Å². The molecular formula is C13H20BrNO2S. The normalized spacial score (nSPS) is 13.5. The fourth-order valence-corrected chi connectivity index (χ4v) is 3.13. The largest absolute Gasteiger partial charge is 0.319 e. The van der Waals surface area contributed by atoms with Gasteiger partial charge in [-0.2, -0.15) is 0 Å². The fourth-order valence-electron chi connectivity index (χ4n) is 1.92. The molecular weight excluding hydrogens is 314 g/mol. The molecule has 102 valence electrons. The molecule has 0 heterocycles. The molecule has 0 aliphatic heterocycles. The first kappa shape index (κ1) is 15.7. The molecule has 1 aromatic rings. The average Bonchev–Trinajstić information content (AvgIpc) is 2.28. The highest BCUT2D eigenvalue weighted by molar-refractivity contribution is 9.10. The van der Waals surface area contributed by atoms with Gasteiger partial charge in [0.2, 0.25) is 0 Å². The molecule has 3 nitrogen and oxygen atoms in total. The summed E-state index contributed by atoms with van der Waals surface area (Å²) in [7, 11) is -0.983. The van der Waals surface area contributed by atoms with Crippen molar-refractivity contribution in [1.82, 2.24) is 5.32 Å². The summed E-state index contributed by atoms with van der Waals surface area (Å²) in [5, 5.41) is 3.13. The lowest BCUT2D eigenvalue weighted by Gasteiger charge is -2.17. The molecule has 1 rings (SSSR count). The van der Waals surface area contributed by atoms with Crippen molar-refractivity contribution >= 4 is 25.8 Å².